The number of hydrogen-bond acceptors (Lipinski definition) is 5. The Labute approximate surface area is 161 Å². The van der Waals surface area contributed by atoms with E-state index in [0.717, 1.165) is 6.26 Å². The summed E-state index contributed by atoms with van der Waals surface area (Å²) in [6.07, 6.45) is 1.76. The number of nitrogens with one attached hydrogen (secondary N) is 1. The van der Waals surface area contributed by atoms with Gasteiger partial charge in [-0.05, 0) is 18.1 Å². The lowest BCUT2D eigenvalue weighted by Crippen LogP contribution is -2.57. The number of nitrogens with zero attached hydrogens (tertiary/aromatic N) is 2. The molecule has 0 aromatic heterocycles. The molecule has 2 atom stereocenters. The van der Waals surface area contributed by atoms with E-state index in [-0.39, 0.29) is 42.9 Å². The van der Waals surface area contributed by atoms with Gasteiger partial charge in [0.2, 0.25) is 26.0 Å². The van der Waals surface area contributed by atoms with Gasteiger partial charge in [0, 0.05) is 26.2 Å². The van der Waals surface area contributed by atoms with Gasteiger partial charge in [0.15, 0.2) is 0 Å². The third kappa shape index (κ3) is 5.50. The van der Waals surface area contributed by atoms with Gasteiger partial charge in [-0.15, -0.1) is 0 Å². The zero-order valence-electron chi connectivity index (χ0n) is 15.8. The average molecular weight is 418 g/mol. The van der Waals surface area contributed by atoms with E-state index < -0.39 is 26.1 Å². The molecule has 2 rings (SSSR count). The van der Waals surface area contributed by atoms with Crippen molar-refractivity contribution in [2.75, 3.05) is 32.4 Å². The van der Waals surface area contributed by atoms with Crippen molar-refractivity contribution in [3.05, 3.63) is 30.3 Å². The van der Waals surface area contributed by atoms with Crippen LogP contribution in [0.3, 0.4) is 0 Å². The van der Waals surface area contributed by atoms with Crippen molar-refractivity contribution in [1.82, 2.24) is 13.9 Å². The van der Waals surface area contributed by atoms with E-state index in [1.807, 2.05) is 13.8 Å². The highest BCUT2D eigenvalue weighted by Gasteiger charge is 2.35. The maximum absolute atomic E-state index is 13.0. The third-order valence-corrected chi connectivity index (χ3v) is 7.59. The Morgan fingerprint density at radius 1 is 1.07 bits per heavy atom. The van der Waals surface area contributed by atoms with Gasteiger partial charge in [0.25, 0.3) is 0 Å². The quantitative estimate of drug-likeness (QED) is 0.695. The summed E-state index contributed by atoms with van der Waals surface area (Å²) in [7, 11) is -7.13. The molecule has 8 nitrogen and oxygen atoms in total. The summed E-state index contributed by atoms with van der Waals surface area (Å²) in [5, 5.41) is 0. The predicted molar refractivity (Wildman–Crippen MR) is 103 cm³/mol. The van der Waals surface area contributed by atoms with Gasteiger partial charge < -0.3 is 4.90 Å². The highest BCUT2D eigenvalue weighted by atomic mass is 32.2. The molecule has 1 fully saturated rings. The topological polar surface area (TPSA) is 104 Å². The van der Waals surface area contributed by atoms with Crippen molar-refractivity contribution >= 4 is 26.0 Å². The second-order valence-corrected chi connectivity index (χ2v) is 10.5. The summed E-state index contributed by atoms with van der Waals surface area (Å²) in [6, 6.07) is 7.02. The van der Waals surface area contributed by atoms with Crippen LogP contribution in [0.2, 0.25) is 0 Å². The normalized spacial score (nSPS) is 18.9. The first-order chi connectivity index (χ1) is 12.6. The summed E-state index contributed by atoms with van der Waals surface area (Å²) in [4.78, 5) is 14.6. The van der Waals surface area contributed by atoms with E-state index in [4.69, 9.17) is 0 Å². The summed E-state index contributed by atoms with van der Waals surface area (Å²) in [5.41, 5.74) is 0. The van der Waals surface area contributed by atoms with Crippen molar-refractivity contribution in [1.29, 1.82) is 0 Å². The van der Waals surface area contributed by atoms with E-state index in [1.54, 1.807) is 18.2 Å². The Bertz CT molecular complexity index is 848. The monoisotopic (exact) mass is 417 g/mol. The van der Waals surface area contributed by atoms with Crippen LogP contribution in [0, 0.1) is 5.92 Å². The van der Waals surface area contributed by atoms with Crippen LogP contribution >= 0.6 is 0 Å². The number of benzene rings is 1. The Morgan fingerprint density at radius 2 is 1.63 bits per heavy atom. The predicted octanol–water partition coefficient (Wildman–Crippen LogP) is 0.483. The molecular weight excluding hydrogens is 390 g/mol. The van der Waals surface area contributed by atoms with Crippen LogP contribution in [0.25, 0.3) is 0 Å². The molecule has 10 heteroatoms. The molecule has 1 aliphatic rings. The maximum Gasteiger partial charge on any atom is 0.241 e. The molecule has 1 aromatic carbocycles. The van der Waals surface area contributed by atoms with E-state index in [1.165, 1.54) is 21.3 Å². The number of rotatable bonds is 7. The van der Waals surface area contributed by atoms with Gasteiger partial charge >= 0.3 is 0 Å². The zero-order chi connectivity index (χ0) is 20.2. The second-order valence-electron chi connectivity index (χ2n) is 6.78. The minimum atomic E-state index is -3.84. The lowest BCUT2D eigenvalue weighted by Gasteiger charge is -2.36. The number of carbonyl (C=O) groups is 1. The average Bonchev–Trinajstić information content (AvgIpc) is 2.65. The van der Waals surface area contributed by atoms with Gasteiger partial charge in [0.1, 0.15) is 6.04 Å². The minimum absolute atomic E-state index is 0.105. The van der Waals surface area contributed by atoms with Crippen molar-refractivity contribution in [3.63, 3.8) is 0 Å². The SMILES string of the molecule is CC[C@H](C)[C@@H](NS(=O)(=O)c1ccccc1)C(=O)N1CCN(S(C)(=O)=O)CC1. The molecule has 1 N–H and O–H groups in total. The van der Waals surface area contributed by atoms with E-state index >= 15 is 0 Å². The van der Waals surface area contributed by atoms with Crippen molar-refractivity contribution in [2.24, 2.45) is 5.92 Å². The van der Waals surface area contributed by atoms with Crippen LogP contribution in [0.4, 0.5) is 0 Å². The summed E-state index contributed by atoms with van der Waals surface area (Å²) in [6.45, 7) is 4.62. The van der Waals surface area contributed by atoms with Crippen molar-refractivity contribution in [3.8, 4) is 0 Å². The molecule has 0 radical (unpaired) electrons. The van der Waals surface area contributed by atoms with Crippen molar-refractivity contribution < 1.29 is 21.6 Å². The Hall–Kier alpha value is -1.49. The number of hydrogen-bond donors (Lipinski definition) is 1. The van der Waals surface area contributed by atoms with Gasteiger partial charge in [0.05, 0.1) is 11.2 Å². The summed E-state index contributed by atoms with van der Waals surface area (Å²) in [5.74, 6) is -0.527. The van der Waals surface area contributed by atoms with Crippen LogP contribution < -0.4 is 4.72 Å². The molecule has 1 aromatic rings. The fourth-order valence-corrected chi connectivity index (χ4v) is 5.06. The molecule has 1 aliphatic heterocycles. The first-order valence-corrected chi connectivity index (χ1v) is 12.2. The van der Waals surface area contributed by atoms with E-state index in [2.05, 4.69) is 4.72 Å². The zero-order valence-corrected chi connectivity index (χ0v) is 17.5. The number of amides is 1. The first-order valence-electron chi connectivity index (χ1n) is 8.87. The molecule has 152 valence electrons. The van der Waals surface area contributed by atoms with Gasteiger partial charge in [-0.2, -0.15) is 9.03 Å². The molecule has 1 heterocycles. The van der Waals surface area contributed by atoms with Crippen LogP contribution in [0.15, 0.2) is 35.2 Å². The molecular formula is C17H27N3O5S2. The number of carbonyl (C=O) groups excluding carboxylic acids is 1. The molecule has 0 bridgehead atoms. The Balaban J connectivity index is 2.16. The second kappa shape index (κ2) is 8.68. The molecule has 0 unspecified atom stereocenters. The maximum atomic E-state index is 13.0. The minimum Gasteiger partial charge on any atom is -0.339 e. The number of piperazine rings is 1. The highest BCUT2D eigenvalue weighted by molar-refractivity contribution is 7.89. The van der Waals surface area contributed by atoms with E-state index in [0.29, 0.717) is 6.42 Å². The highest BCUT2D eigenvalue weighted by Crippen LogP contribution is 2.17. The van der Waals surface area contributed by atoms with Gasteiger partial charge in [-0.3, -0.25) is 4.79 Å². The largest absolute Gasteiger partial charge is 0.339 e. The molecule has 1 saturated heterocycles. The smallest absolute Gasteiger partial charge is 0.241 e. The fraction of sp³-hybridized carbons (Fsp3) is 0.588. The van der Waals surface area contributed by atoms with Crippen LogP contribution in [-0.2, 0) is 24.8 Å². The molecule has 27 heavy (non-hydrogen) atoms. The lowest BCUT2D eigenvalue weighted by atomic mass is 9.98. The standard InChI is InChI=1S/C17H27N3O5S2/c1-4-14(2)16(18-27(24,25)15-8-6-5-7-9-15)17(21)19-10-12-20(13-11-19)26(3,22)23/h5-9,14,16,18H,4,10-13H2,1-3H3/t14-,16+/m0/s1. The molecule has 0 spiro atoms. The Morgan fingerprint density at radius 3 is 2.11 bits per heavy atom. The number of sulfonamides is 2. The van der Waals surface area contributed by atoms with Crippen molar-refractivity contribution in [2.45, 2.75) is 31.2 Å². The molecule has 0 saturated carbocycles. The van der Waals surface area contributed by atoms with Crippen LogP contribution in [0.1, 0.15) is 20.3 Å². The lowest BCUT2D eigenvalue weighted by molar-refractivity contribution is -0.135. The first kappa shape index (κ1) is 21.8. The van der Waals surface area contributed by atoms with Gasteiger partial charge in [-0.25, -0.2) is 16.8 Å². The van der Waals surface area contributed by atoms with E-state index in [9.17, 15) is 21.6 Å². The molecule has 1 amide bonds. The van der Waals surface area contributed by atoms with Crippen LogP contribution in [0.5, 0.6) is 0 Å². The summed E-state index contributed by atoms with van der Waals surface area (Å²) >= 11 is 0. The third-order valence-electron chi connectivity index (χ3n) is 4.83. The van der Waals surface area contributed by atoms with Crippen LogP contribution in [-0.4, -0.2) is 70.4 Å². The fourth-order valence-electron chi connectivity index (χ4n) is 2.92. The Kier molecular flexibility index (Phi) is 7.01. The summed E-state index contributed by atoms with van der Waals surface area (Å²) < 4.78 is 52.5. The molecule has 0 aliphatic carbocycles. The van der Waals surface area contributed by atoms with Gasteiger partial charge in [-0.1, -0.05) is 38.5 Å².